The van der Waals surface area contributed by atoms with E-state index in [9.17, 15) is 9.18 Å². The predicted molar refractivity (Wildman–Crippen MR) is 96.3 cm³/mol. The van der Waals surface area contributed by atoms with Crippen molar-refractivity contribution in [1.29, 1.82) is 0 Å². The zero-order valence-corrected chi connectivity index (χ0v) is 14.6. The third-order valence-corrected chi connectivity index (χ3v) is 4.16. The third-order valence-electron chi connectivity index (χ3n) is 4.16. The Morgan fingerprint density at radius 2 is 2.08 bits per heavy atom. The highest BCUT2D eigenvalue weighted by atomic mass is 19.1. The van der Waals surface area contributed by atoms with Gasteiger partial charge in [0.05, 0.1) is 13.5 Å². The van der Waals surface area contributed by atoms with Gasteiger partial charge in [-0.1, -0.05) is 30.3 Å². The lowest BCUT2D eigenvalue weighted by molar-refractivity contribution is -0.121. The second kappa shape index (κ2) is 7.82. The summed E-state index contributed by atoms with van der Waals surface area (Å²) in [5.74, 6) is 0.689. The highest BCUT2D eigenvalue weighted by Gasteiger charge is 2.21. The van der Waals surface area contributed by atoms with Crippen LogP contribution in [0.1, 0.15) is 23.0 Å². The van der Waals surface area contributed by atoms with Gasteiger partial charge in [0.2, 0.25) is 5.91 Å². The van der Waals surface area contributed by atoms with Crippen LogP contribution in [0.4, 0.5) is 4.39 Å². The molecule has 6 heteroatoms. The summed E-state index contributed by atoms with van der Waals surface area (Å²) in [5.41, 5.74) is 1.19. The normalized spacial score (nSPS) is 11.8. The Kier molecular flexibility index (Phi) is 5.31. The van der Waals surface area contributed by atoms with Gasteiger partial charge in [-0.3, -0.25) is 4.79 Å². The average molecular weight is 353 g/mol. The van der Waals surface area contributed by atoms with Crippen molar-refractivity contribution in [1.82, 2.24) is 14.9 Å². The number of aromatic nitrogens is 2. The second-order valence-electron chi connectivity index (χ2n) is 5.94. The van der Waals surface area contributed by atoms with E-state index in [1.807, 2.05) is 42.1 Å². The maximum absolute atomic E-state index is 13.8. The molecule has 1 atom stereocenters. The minimum Gasteiger partial charge on any atom is -0.497 e. The van der Waals surface area contributed by atoms with E-state index in [0.29, 0.717) is 17.1 Å². The summed E-state index contributed by atoms with van der Waals surface area (Å²) in [6.07, 6.45) is 3.44. The third kappa shape index (κ3) is 3.91. The summed E-state index contributed by atoms with van der Waals surface area (Å²) in [6, 6.07) is 13.2. The molecule has 0 saturated heterocycles. The number of methoxy groups -OCH3 is 1. The van der Waals surface area contributed by atoms with Crippen LogP contribution >= 0.6 is 0 Å². The highest BCUT2D eigenvalue weighted by molar-refractivity contribution is 5.79. The van der Waals surface area contributed by atoms with Crippen LogP contribution in [0.25, 0.3) is 0 Å². The lowest BCUT2D eigenvalue weighted by atomic mass is 10.0. The second-order valence-corrected chi connectivity index (χ2v) is 5.94. The Morgan fingerprint density at radius 3 is 2.77 bits per heavy atom. The topological polar surface area (TPSA) is 56.1 Å². The standard InChI is InChI=1S/C20H20FN3O2/c1-24-11-10-22-20(24)19(15-7-5-8-16(12-15)26-2)23-18(25)13-14-6-3-4-9-17(14)21/h3-12,19H,13H2,1-2H3,(H,23,25)/t19-/m1/s1. The van der Waals surface area contributed by atoms with Crippen LogP contribution in [-0.2, 0) is 18.3 Å². The number of amides is 1. The summed E-state index contributed by atoms with van der Waals surface area (Å²) < 4.78 is 21.0. The van der Waals surface area contributed by atoms with Gasteiger partial charge in [-0.05, 0) is 29.3 Å². The van der Waals surface area contributed by atoms with Crippen molar-refractivity contribution < 1.29 is 13.9 Å². The molecular weight excluding hydrogens is 333 g/mol. The summed E-state index contributed by atoms with van der Waals surface area (Å²) in [7, 11) is 3.45. The number of imidazole rings is 1. The van der Waals surface area contributed by atoms with Crippen LogP contribution in [0.3, 0.4) is 0 Å². The van der Waals surface area contributed by atoms with Crippen LogP contribution in [-0.4, -0.2) is 22.6 Å². The first-order valence-corrected chi connectivity index (χ1v) is 8.22. The quantitative estimate of drug-likeness (QED) is 0.741. The Bertz CT molecular complexity index is 907. The molecule has 2 aromatic carbocycles. The van der Waals surface area contributed by atoms with Gasteiger partial charge in [0.15, 0.2) is 0 Å². The van der Waals surface area contributed by atoms with Crippen molar-refractivity contribution in [2.75, 3.05) is 7.11 Å². The molecule has 0 aliphatic heterocycles. The van der Waals surface area contributed by atoms with E-state index in [2.05, 4.69) is 10.3 Å². The van der Waals surface area contributed by atoms with Gasteiger partial charge in [-0.15, -0.1) is 0 Å². The summed E-state index contributed by atoms with van der Waals surface area (Å²) in [5, 5.41) is 2.96. The van der Waals surface area contributed by atoms with E-state index in [1.165, 1.54) is 6.07 Å². The zero-order valence-electron chi connectivity index (χ0n) is 14.6. The Morgan fingerprint density at radius 1 is 1.27 bits per heavy atom. The molecule has 0 bridgehead atoms. The summed E-state index contributed by atoms with van der Waals surface area (Å²) >= 11 is 0. The van der Waals surface area contributed by atoms with Crippen LogP contribution in [0, 0.1) is 5.82 Å². The molecule has 1 aromatic heterocycles. The van der Waals surface area contributed by atoms with E-state index in [4.69, 9.17) is 4.74 Å². The van der Waals surface area contributed by atoms with Crippen molar-refractivity contribution in [2.24, 2.45) is 7.05 Å². The fraction of sp³-hybridized carbons (Fsp3) is 0.200. The molecule has 26 heavy (non-hydrogen) atoms. The predicted octanol–water partition coefficient (Wildman–Crippen LogP) is 3.02. The number of carbonyl (C=O) groups excluding carboxylic acids is 1. The van der Waals surface area contributed by atoms with Gasteiger partial charge in [0, 0.05) is 19.4 Å². The fourth-order valence-corrected chi connectivity index (χ4v) is 2.80. The van der Waals surface area contributed by atoms with E-state index in [0.717, 1.165) is 5.56 Å². The monoisotopic (exact) mass is 353 g/mol. The molecule has 0 aliphatic carbocycles. The van der Waals surface area contributed by atoms with Crippen LogP contribution in [0.5, 0.6) is 5.75 Å². The van der Waals surface area contributed by atoms with Crippen molar-refractivity contribution in [2.45, 2.75) is 12.5 Å². The molecule has 0 unspecified atom stereocenters. The summed E-state index contributed by atoms with van der Waals surface area (Å²) in [6.45, 7) is 0. The van der Waals surface area contributed by atoms with Gasteiger partial charge in [-0.2, -0.15) is 0 Å². The largest absolute Gasteiger partial charge is 0.497 e. The molecule has 1 amide bonds. The van der Waals surface area contributed by atoms with Gasteiger partial charge in [0.1, 0.15) is 23.4 Å². The maximum atomic E-state index is 13.8. The molecule has 0 spiro atoms. The minimum absolute atomic E-state index is 0.0441. The van der Waals surface area contributed by atoms with Crippen molar-refractivity contribution in [3.8, 4) is 5.75 Å². The van der Waals surface area contributed by atoms with Crippen molar-refractivity contribution in [3.63, 3.8) is 0 Å². The van der Waals surface area contributed by atoms with Gasteiger partial charge in [-0.25, -0.2) is 9.37 Å². The lowest BCUT2D eigenvalue weighted by Crippen LogP contribution is -2.32. The number of hydrogen-bond acceptors (Lipinski definition) is 3. The molecule has 3 rings (SSSR count). The van der Waals surface area contributed by atoms with E-state index in [-0.39, 0.29) is 12.3 Å². The molecule has 3 aromatic rings. The smallest absolute Gasteiger partial charge is 0.225 e. The van der Waals surface area contributed by atoms with Gasteiger partial charge >= 0.3 is 0 Å². The number of nitrogens with zero attached hydrogens (tertiary/aromatic N) is 2. The van der Waals surface area contributed by atoms with Gasteiger partial charge < -0.3 is 14.6 Å². The van der Waals surface area contributed by atoms with Crippen LogP contribution in [0.15, 0.2) is 60.9 Å². The molecule has 0 aliphatic rings. The number of halogens is 1. The van der Waals surface area contributed by atoms with Crippen LogP contribution < -0.4 is 10.1 Å². The lowest BCUT2D eigenvalue weighted by Gasteiger charge is -2.20. The van der Waals surface area contributed by atoms with Crippen LogP contribution in [0.2, 0.25) is 0 Å². The van der Waals surface area contributed by atoms with Crippen molar-refractivity contribution >= 4 is 5.91 Å². The number of aryl methyl sites for hydroxylation is 1. The number of hydrogen-bond donors (Lipinski definition) is 1. The molecule has 1 N–H and O–H groups in total. The number of rotatable bonds is 6. The highest BCUT2D eigenvalue weighted by Crippen LogP contribution is 2.24. The minimum atomic E-state index is -0.468. The Hall–Kier alpha value is -3.15. The number of ether oxygens (including phenoxy) is 1. The first-order chi connectivity index (χ1) is 12.6. The van der Waals surface area contributed by atoms with E-state index in [1.54, 1.807) is 31.5 Å². The SMILES string of the molecule is COc1cccc([C@@H](NC(=O)Cc2ccccc2F)c2nccn2C)c1. The van der Waals surface area contributed by atoms with Crippen molar-refractivity contribution in [3.05, 3.63) is 83.7 Å². The van der Waals surface area contributed by atoms with Gasteiger partial charge in [0.25, 0.3) is 0 Å². The zero-order chi connectivity index (χ0) is 18.5. The average Bonchev–Trinajstić information content (AvgIpc) is 3.07. The Labute approximate surface area is 151 Å². The number of carbonyl (C=O) groups is 1. The molecular formula is C20H20FN3O2. The molecule has 134 valence electrons. The first kappa shape index (κ1) is 17.7. The number of benzene rings is 2. The molecule has 0 radical (unpaired) electrons. The summed E-state index contributed by atoms with van der Waals surface area (Å²) in [4.78, 5) is 16.9. The number of nitrogens with one attached hydrogen (secondary N) is 1. The molecule has 1 heterocycles. The molecule has 0 saturated carbocycles. The van der Waals surface area contributed by atoms with E-state index >= 15 is 0 Å². The van der Waals surface area contributed by atoms with E-state index < -0.39 is 11.9 Å². The Balaban J connectivity index is 1.88. The first-order valence-electron chi connectivity index (χ1n) is 8.22. The maximum Gasteiger partial charge on any atom is 0.225 e. The molecule has 5 nitrogen and oxygen atoms in total. The molecule has 0 fully saturated rings. The fourth-order valence-electron chi connectivity index (χ4n) is 2.80.